The molecule has 1 aliphatic heterocycles. The standard InChI is InChI=1S/C49H95NO6/c1-6-9-12-15-18-19-23-30-37-47(51)53-43-34-27-26-33-41-49(54-44-46(56-49)39-42-50(4)5)40-32-25-20-24-31-38-48(52)55-45(35-28-21-16-13-10-7-2)36-29-22-17-14-11-8-3/h45-46H,6-44H2,1-5H3/t46-,49+/m0/s1. The van der Waals surface area contributed by atoms with E-state index in [0.29, 0.717) is 26.1 Å². The molecule has 332 valence electrons. The Labute approximate surface area is 348 Å². The number of rotatable bonds is 42. The summed E-state index contributed by atoms with van der Waals surface area (Å²) in [6.45, 7) is 9.01. The van der Waals surface area contributed by atoms with Crippen LogP contribution in [0.1, 0.15) is 252 Å². The number of hydrogen-bond acceptors (Lipinski definition) is 7. The summed E-state index contributed by atoms with van der Waals surface area (Å²) in [6.07, 6.45) is 41.1. The quantitative estimate of drug-likeness (QED) is 0.0450. The highest BCUT2D eigenvalue weighted by Gasteiger charge is 2.40. The van der Waals surface area contributed by atoms with E-state index in [2.05, 4.69) is 39.8 Å². The molecule has 56 heavy (non-hydrogen) atoms. The highest BCUT2D eigenvalue weighted by atomic mass is 16.7. The fourth-order valence-corrected chi connectivity index (χ4v) is 8.07. The molecule has 0 spiro atoms. The van der Waals surface area contributed by atoms with Crippen LogP contribution in [-0.2, 0) is 28.5 Å². The van der Waals surface area contributed by atoms with Gasteiger partial charge in [0, 0.05) is 32.2 Å². The monoisotopic (exact) mass is 794 g/mol. The van der Waals surface area contributed by atoms with Crippen LogP contribution in [0.4, 0.5) is 0 Å². The first kappa shape index (κ1) is 52.8. The van der Waals surface area contributed by atoms with Crippen molar-refractivity contribution in [3.63, 3.8) is 0 Å². The zero-order chi connectivity index (χ0) is 40.8. The minimum Gasteiger partial charge on any atom is -0.466 e. The molecule has 0 bridgehead atoms. The normalized spacial score (nSPS) is 17.0. The van der Waals surface area contributed by atoms with Gasteiger partial charge in [-0.1, -0.05) is 162 Å². The zero-order valence-corrected chi connectivity index (χ0v) is 38.1. The van der Waals surface area contributed by atoms with Gasteiger partial charge in [-0.2, -0.15) is 0 Å². The van der Waals surface area contributed by atoms with Gasteiger partial charge in [-0.25, -0.2) is 0 Å². The molecule has 0 aromatic rings. The van der Waals surface area contributed by atoms with E-state index in [1.165, 1.54) is 116 Å². The zero-order valence-electron chi connectivity index (χ0n) is 38.1. The van der Waals surface area contributed by atoms with Crippen LogP contribution < -0.4 is 0 Å². The molecule has 0 radical (unpaired) electrons. The Morgan fingerprint density at radius 1 is 0.571 bits per heavy atom. The van der Waals surface area contributed by atoms with E-state index in [0.717, 1.165) is 109 Å². The van der Waals surface area contributed by atoms with Crippen molar-refractivity contribution in [2.75, 3.05) is 33.9 Å². The van der Waals surface area contributed by atoms with Crippen LogP contribution >= 0.6 is 0 Å². The molecule has 7 heteroatoms. The number of hydrogen-bond donors (Lipinski definition) is 0. The van der Waals surface area contributed by atoms with Gasteiger partial charge in [-0.3, -0.25) is 9.59 Å². The van der Waals surface area contributed by atoms with Gasteiger partial charge >= 0.3 is 11.9 Å². The third-order valence-corrected chi connectivity index (χ3v) is 11.8. The Balaban J connectivity index is 2.32. The lowest BCUT2D eigenvalue weighted by Crippen LogP contribution is -2.31. The van der Waals surface area contributed by atoms with Gasteiger partial charge in [0.05, 0.1) is 19.3 Å². The van der Waals surface area contributed by atoms with Crippen LogP contribution in [0.15, 0.2) is 0 Å². The highest BCUT2D eigenvalue weighted by molar-refractivity contribution is 5.69. The molecule has 0 aromatic carbocycles. The van der Waals surface area contributed by atoms with Crippen molar-refractivity contribution in [3.8, 4) is 0 Å². The summed E-state index contributed by atoms with van der Waals surface area (Å²) >= 11 is 0. The van der Waals surface area contributed by atoms with Gasteiger partial charge in [-0.05, 0) is 78.3 Å². The molecule has 0 aliphatic carbocycles. The smallest absolute Gasteiger partial charge is 0.306 e. The minimum absolute atomic E-state index is 0.0133. The third-order valence-electron chi connectivity index (χ3n) is 11.8. The summed E-state index contributed by atoms with van der Waals surface area (Å²) < 4.78 is 24.7. The van der Waals surface area contributed by atoms with Crippen molar-refractivity contribution < 1.29 is 28.5 Å². The number of nitrogens with zero attached hydrogens (tertiary/aromatic N) is 1. The Hall–Kier alpha value is -1.18. The van der Waals surface area contributed by atoms with E-state index < -0.39 is 5.79 Å². The van der Waals surface area contributed by atoms with E-state index in [4.69, 9.17) is 18.9 Å². The lowest BCUT2D eigenvalue weighted by Gasteiger charge is -2.29. The van der Waals surface area contributed by atoms with Crippen molar-refractivity contribution in [2.45, 2.75) is 270 Å². The third kappa shape index (κ3) is 31.8. The fraction of sp³-hybridized carbons (Fsp3) is 0.959. The first-order chi connectivity index (χ1) is 27.3. The van der Waals surface area contributed by atoms with Crippen LogP contribution in [0.5, 0.6) is 0 Å². The fourth-order valence-electron chi connectivity index (χ4n) is 8.07. The van der Waals surface area contributed by atoms with Crippen LogP contribution in [0, 0.1) is 0 Å². The van der Waals surface area contributed by atoms with Gasteiger partial charge in [0.25, 0.3) is 0 Å². The Morgan fingerprint density at radius 3 is 1.50 bits per heavy atom. The highest BCUT2D eigenvalue weighted by Crippen LogP contribution is 2.35. The lowest BCUT2D eigenvalue weighted by atomic mass is 9.99. The molecule has 2 atom stereocenters. The summed E-state index contributed by atoms with van der Waals surface area (Å²) in [6, 6.07) is 0. The van der Waals surface area contributed by atoms with E-state index in [9.17, 15) is 9.59 Å². The average molecular weight is 794 g/mol. The van der Waals surface area contributed by atoms with E-state index in [1.807, 2.05) is 0 Å². The number of carbonyl (C=O) groups is 2. The maximum atomic E-state index is 12.9. The largest absolute Gasteiger partial charge is 0.466 e. The summed E-state index contributed by atoms with van der Waals surface area (Å²) in [7, 11) is 4.23. The Kier molecular flexibility index (Phi) is 35.9. The van der Waals surface area contributed by atoms with Crippen molar-refractivity contribution in [1.82, 2.24) is 4.90 Å². The van der Waals surface area contributed by atoms with Crippen LogP contribution in [0.2, 0.25) is 0 Å². The average Bonchev–Trinajstić information content (AvgIpc) is 3.59. The van der Waals surface area contributed by atoms with Crippen molar-refractivity contribution in [1.29, 1.82) is 0 Å². The van der Waals surface area contributed by atoms with Crippen LogP contribution in [-0.4, -0.2) is 68.7 Å². The molecule has 7 nitrogen and oxygen atoms in total. The van der Waals surface area contributed by atoms with Crippen molar-refractivity contribution in [3.05, 3.63) is 0 Å². The summed E-state index contributed by atoms with van der Waals surface area (Å²) in [5.74, 6) is -0.485. The van der Waals surface area contributed by atoms with Gasteiger partial charge in [-0.15, -0.1) is 0 Å². The maximum absolute atomic E-state index is 12.9. The van der Waals surface area contributed by atoms with Crippen molar-refractivity contribution >= 4 is 11.9 Å². The molecule has 1 fully saturated rings. The van der Waals surface area contributed by atoms with Gasteiger partial charge < -0.3 is 23.8 Å². The second-order valence-electron chi connectivity index (χ2n) is 17.7. The van der Waals surface area contributed by atoms with Crippen LogP contribution in [0.25, 0.3) is 0 Å². The first-order valence-corrected chi connectivity index (χ1v) is 24.7. The summed E-state index contributed by atoms with van der Waals surface area (Å²) in [4.78, 5) is 27.2. The Bertz CT molecular complexity index is 867. The number of carbonyl (C=O) groups excluding carboxylic acids is 2. The number of unbranched alkanes of at least 4 members (excludes halogenated alkanes) is 24. The summed E-state index contributed by atoms with van der Waals surface area (Å²) in [5.41, 5.74) is 0. The van der Waals surface area contributed by atoms with Crippen LogP contribution in [0.3, 0.4) is 0 Å². The molecule has 0 N–H and O–H groups in total. The number of ether oxygens (including phenoxy) is 4. The second-order valence-corrected chi connectivity index (χ2v) is 17.7. The molecule has 0 aromatic heterocycles. The molecular weight excluding hydrogens is 699 g/mol. The van der Waals surface area contributed by atoms with E-state index >= 15 is 0 Å². The second kappa shape index (κ2) is 38.0. The predicted octanol–water partition coefficient (Wildman–Crippen LogP) is 14.2. The van der Waals surface area contributed by atoms with E-state index in [-0.39, 0.29) is 24.1 Å². The SMILES string of the molecule is CCCCCCCCCCC(=O)OCCCCCC[C@]1(CCCCCCCC(=O)OC(CCCCCCCC)CCCCCCCC)OC[C@H](CCN(C)C)O1. The molecule has 1 saturated heterocycles. The molecule has 1 heterocycles. The maximum Gasteiger partial charge on any atom is 0.306 e. The molecule has 1 rings (SSSR count). The summed E-state index contributed by atoms with van der Waals surface area (Å²) in [5, 5.41) is 0. The number of esters is 2. The molecule has 0 saturated carbocycles. The molecule has 1 aliphatic rings. The minimum atomic E-state index is -0.468. The predicted molar refractivity (Wildman–Crippen MR) is 236 cm³/mol. The molecular formula is C49H95NO6. The first-order valence-electron chi connectivity index (χ1n) is 24.7. The molecule has 0 unspecified atom stereocenters. The van der Waals surface area contributed by atoms with Gasteiger partial charge in [0.2, 0.25) is 0 Å². The van der Waals surface area contributed by atoms with Gasteiger partial charge in [0.1, 0.15) is 6.10 Å². The van der Waals surface area contributed by atoms with Gasteiger partial charge in [0.15, 0.2) is 5.79 Å². The van der Waals surface area contributed by atoms with Crippen molar-refractivity contribution in [2.24, 2.45) is 0 Å². The Morgan fingerprint density at radius 2 is 1.00 bits per heavy atom. The molecule has 0 amide bonds. The topological polar surface area (TPSA) is 74.3 Å². The van der Waals surface area contributed by atoms with E-state index in [1.54, 1.807) is 0 Å². The lowest BCUT2D eigenvalue weighted by molar-refractivity contribution is -0.180.